The Labute approximate surface area is 138 Å². The molecular weight excluding hydrogens is 307 g/mol. The number of benzene rings is 1. The van der Waals surface area contributed by atoms with Crippen molar-refractivity contribution in [2.75, 3.05) is 7.05 Å². The second kappa shape index (κ2) is 8.02. The first-order chi connectivity index (χ1) is 9.49. The number of carbonyl (C=O) groups is 1. The molecule has 0 bridgehead atoms. The fourth-order valence-corrected chi connectivity index (χ4v) is 2.99. The van der Waals surface area contributed by atoms with Gasteiger partial charge in [0, 0.05) is 24.5 Å². The Balaban J connectivity index is 0.00000220. The van der Waals surface area contributed by atoms with E-state index in [1.165, 1.54) is 0 Å². The zero-order chi connectivity index (χ0) is 14.7. The third-order valence-corrected chi connectivity index (χ3v) is 4.73. The van der Waals surface area contributed by atoms with Crippen molar-refractivity contribution < 1.29 is 4.79 Å². The molecule has 5 heteroatoms. The lowest BCUT2D eigenvalue weighted by Gasteiger charge is -2.27. The average Bonchev–Trinajstić information content (AvgIpc) is 2.83. The van der Waals surface area contributed by atoms with Crippen LogP contribution in [0.2, 0.25) is 5.02 Å². The largest absolute Gasteiger partial charge is 0.339 e. The van der Waals surface area contributed by atoms with Crippen LogP contribution in [-0.4, -0.2) is 23.9 Å². The normalized spacial score (nSPS) is 22.5. The van der Waals surface area contributed by atoms with Crippen molar-refractivity contribution in [1.29, 1.82) is 0 Å². The molecule has 0 spiro atoms. The second-order valence-corrected chi connectivity index (χ2v) is 6.23. The Bertz CT molecular complexity index is 464. The highest BCUT2D eigenvalue weighted by Crippen LogP contribution is 2.29. The minimum Gasteiger partial charge on any atom is -0.339 e. The van der Waals surface area contributed by atoms with Crippen molar-refractivity contribution in [2.24, 2.45) is 11.7 Å². The van der Waals surface area contributed by atoms with Gasteiger partial charge in [-0.15, -0.1) is 12.4 Å². The van der Waals surface area contributed by atoms with Gasteiger partial charge in [-0.25, -0.2) is 0 Å². The molecule has 2 N–H and O–H groups in total. The van der Waals surface area contributed by atoms with E-state index in [0.717, 1.165) is 24.8 Å². The third kappa shape index (κ3) is 4.60. The fraction of sp³-hybridized carbons (Fsp3) is 0.562. The summed E-state index contributed by atoms with van der Waals surface area (Å²) in [5.41, 5.74) is 7.14. The standard InChI is InChI=1S/C16H23ClN2O.ClH/c1-11(12-6-8-14(17)9-7-12)19(2)16(20)10-13-4-3-5-15(13)18;/h6-9,11,13,15H,3-5,10,18H2,1-2H3;1H/t11?,13-,15+;/m0./s1. The minimum absolute atomic E-state index is 0. The van der Waals surface area contributed by atoms with Crippen molar-refractivity contribution in [1.82, 2.24) is 4.90 Å². The van der Waals surface area contributed by atoms with Gasteiger partial charge in [0.2, 0.25) is 5.91 Å². The lowest BCUT2D eigenvalue weighted by atomic mass is 9.98. The van der Waals surface area contributed by atoms with Crippen molar-refractivity contribution in [3.05, 3.63) is 34.9 Å². The number of amides is 1. The smallest absolute Gasteiger partial charge is 0.223 e. The van der Waals surface area contributed by atoms with Crippen LogP contribution in [0.3, 0.4) is 0 Å². The highest BCUT2D eigenvalue weighted by Gasteiger charge is 2.28. The van der Waals surface area contributed by atoms with E-state index in [4.69, 9.17) is 17.3 Å². The van der Waals surface area contributed by atoms with E-state index >= 15 is 0 Å². The summed E-state index contributed by atoms with van der Waals surface area (Å²) in [6.45, 7) is 2.04. The topological polar surface area (TPSA) is 46.3 Å². The molecule has 21 heavy (non-hydrogen) atoms. The molecule has 1 amide bonds. The molecule has 1 aromatic carbocycles. The molecule has 2 rings (SSSR count). The molecule has 0 aliphatic heterocycles. The highest BCUT2D eigenvalue weighted by atomic mass is 35.5. The number of nitrogens with zero attached hydrogens (tertiary/aromatic N) is 1. The van der Waals surface area contributed by atoms with Crippen LogP contribution in [0.25, 0.3) is 0 Å². The van der Waals surface area contributed by atoms with Crippen LogP contribution in [0.5, 0.6) is 0 Å². The lowest BCUT2D eigenvalue weighted by molar-refractivity contribution is -0.132. The molecule has 1 aromatic rings. The zero-order valence-electron chi connectivity index (χ0n) is 12.6. The Morgan fingerprint density at radius 2 is 2.00 bits per heavy atom. The molecule has 0 saturated heterocycles. The summed E-state index contributed by atoms with van der Waals surface area (Å²) in [6.07, 6.45) is 3.84. The summed E-state index contributed by atoms with van der Waals surface area (Å²) >= 11 is 5.89. The van der Waals surface area contributed by atoms with Crippen LogP contribution in [0.15, 0.2) is 24.3 Å². The van der Waals surface area contributed by atoms with E-state index in [1.54, 1.807) is 0 Å². The molecule has 1 fully saturated rings. The van der Waals surface area contributed by atoms with Crippen LogP contribution in [0, 0.1) is 5.92 Å². The lowest BCUT2D eigenvalue weighted by Crippen LogP contribution is -2.34. The molecule has 1 aliphatic rings. The quantitative estimate of drug-likeness (QED) is 0.912. The molecule has 0 heterocycles. The molecule has 1 aliphatic carbocycles. The van der Waals surface area contributed by atoms with Gasteiger partial charge in [0.15, 0.2) is 0 Å². The molecular formula is C16H24Cl2N2O. The monoisotopic (exact) mass is 330 g/mol. The van der Waals surface area contributed by atoms with Crippen molar-refractivity contribution >= 4 is 29.9 Å². The van der Waals surface area contributed by atoms with Crippen molar-refractivity contribution in [2.45, 2.75) is 44.7 Å². The number of carbonyl (C=O) groups excluding carboxylic acids is 1. The maximum atomic E-state index is 12.4. The molecule has 118 valence electrons. The van der Waals surface area contributed by atoms with E-state index in [9.17, 15) is 4.79 Å². The Kier molecular flexibility index (Phi) is 6.98. The third-order valence-electron chi connectivity index (χ3n) is 4.48. The summed E-state index contributed by atoms with van der Waals surface area (Å²) in [5.74, 6) is 0.525. The van der Waals surface area contributed by atoms with Gasteiger partial charge in [0.1, 0.15) is 0 Å². The average molecular weight is 331 g/mol. The fourth-order valence-electron chi connectivity index (χ4n) is 2.87. The van der Waals surface area contributed by atoms with Crippen LogP contribution >= 0.6 is 24.0 Å². The van der Waals surface area contributed by atoms with E-state index < -0.39 is 0 Å². The Hall–Kier alpha value is -0.770. The summed E-state index contributed by atoms with van der Waals surface area (Å²) in [6, 6.07) is 7.91. The van der Waals surface area contributed by atoms with Gasteiger partial charge in [0.05, 0.1) is 6.04 Å². The highest BCUT2D eigenvalue weighted by molar-refractivity contribution is 6.30. The first-order valence-electron chi connectivity index (χ1n) is 7.25. The summed E-state index contributed by atoms with van der Waals surface area (Å²) in [4.78, 5) is 14.2. The second-order valence-electron chi connectivity index (χ2n) is 5.79. The number of hydrogen-bond donors (Lipinski definition) is 1. The van der Waals surface area contributed by atoms with Crippen LogP contribution in [-0.2, 0) is 4.79 Å². The molecule has 0 radical (unpaired) electrons. The molecule has 1 unspecified atom stereocenters. The zero-order valence-corrected chi connectivity index (χ0v) is 14.2. The summed E-state index contributed by atoms with van der Waals surface area (Å²) in [5, 5.41) is 0.715. The maximum Gasteiger partial charge on any atom is 0.223 e. The molecule has 3 nitrogen and oxygen atoms in total. The van der Waals surface area contributed by atoms with Gasteiger partial charge in [0.25, 0.3) is 0 Å². The number of hydrogen-bond acceptors (Lipinski definition) is 2. The summed E-state index contributed by atoms with van der Waals surface area (Å²) in [7, 11) is 1.86. The number of nitrogens with two attached hydrogens (primary N) is 1. The first-order valence-corrected chi connectivity index (χ1v) is 7.63. The van der Waals surface area contributed by atoms with E-state index in [-0.39, 0.29) is 30.4 Å². The maximum absolute atomic E-state index is 12.4. The number of halogens is 2. The predicted molar refractivity (Wildman–Crippen MR) is 89.8 cm³/mol. The molecule has 0 aromatic heterocycles. The van der Waals surface area contributed by atoms with E-state index in [1.807, 2.05) is 43.1 Å². The van der Waals surface area contributed by atoms with Crippen molar-refractivity contribution in [3.8, 4) is 0 Å². The van der Waals surface area contributed by atoms with Gasteiger partial charge in [-0.3, -0.25) is 4.79 Å². The molecule has 1 saturated carbocycles. The van der Waals surface area contributed by atoms with Gasteiger partial charge in [-0.05, 0) is 43.4 Å². The van der Waals surface area contributed by atoms with Gasteiger partial charge in [-0.1, -0.05) is 30.2 Å². The molecule has 3 atom stereocenters. The van der Waals surface area contributed by atoms with Gasteiger partial charge in [-0.2, -0.15) is 0 Å². The van der Waals surface area contributed by atoms with Crippen LogP contribution in [0.4, 0.5) is 0 Å². The van der Waals surface area contributed by atoms with Crippen molar-refractivity contribution in [3.63, 3.8) is 0 Å². The Morgan fingerprint density at radius 3 is 2.52 bits per heavy atom. The Morgan fingerprint density at radius 1 is 1.38 bits per heavy atom. The minimum atomic E-state index is 0. The predicted octanol–water partition coefficient (Wildman–Crippen LogP) is 3.80. The van der Waals surface area contributed by atoms with Crippen LogP contribution in [0.1, 0.15) is 44.2 Å². The summed E-state index contributed by atoms with van der Waals surface area (Å²) < 4.78 is 0. The number of rotatable bonds is 4. The first kappa shape index (κ1) is 18.3. The van der Waals surface area contributed by atoms with Crippen LogP contribution < -0.4 is 5.73 Å². The van der Waals surface area contributed by atoms with Gasteiger partial charge >= 0.3 is 0 Å². The van der Waals surface area contributed by atoms with E-state index in [0.29, 0.717) is 17.4 Å². The van der Waals surface area contributed by atoms with E-state index in [2.05, 4.69) is 0 Å². The SMILES string of the molecule is CC(c1ccc(Cl)cc1)N(C)C(=O)C[C@@H]1CCC[C@H]1N.Cl. The van der Waals surface area contributed by atoms with Gasteiger partial charge < -0.3 is 10.6 Å².